The van der Waals surface area contributed by atoms with Crippen molar-refractivity contribution in [2.24, 2.45) is 0 Å². The normalized spacial score (nSPS) is 11.6. The average molecular weight is 309 g/mol. The van der Waals surface area contributed by atoms with E-state index in [2.05, 4.69) is 15.9 Å². The van der Waals surface area contributed by atoms with Gasteiger partial charge in [0.1, 0.15) is 5.82 Å². The maximum atomic E-state index is 14.2. The highest BCUT2D eigenvalue weighted by atomic mass is 79.9. The molecule has 0 spiro atoms. The van der Waals surface area contributed by atoms with Crippen molar-refractivity contribution in [2.45, 2.75) is 19.4 Å². The largest absolute Gasteiger partial charge is 0.386 e. The summed E-state index contributed by atoms with van der Waals surface area (Å²) in [5, 5.41) is 10.2. The molecule has 2 rings (SSSR count). The van der Waals surface area contributed by atoms with Crippen LogP contribution >= 0.6 is 15.9 Å². The van der Waals surface area contributed by atoms with Gasteiger partial charge in [-0.2, -0.15) is 0 Å². The first-order chi connectivity index (χ1) is 8.41. The predicted octanol–water partition coefficient (Wildman–Crippen LogP) is 4.48. The van der Waals surface area contributed by atoms with Crippen LogP contribution in [0.25, 0.3) is 11.1 Å². The van der Waals surface area contributed by atoms with Crippen molar-refractivity contribution < 1.29 is 9.50 Å². The van der Waals surface area contributed by atoms with Crippen LogP contribution in [0, 0.1) is 5.82 Å². The Bertz CT molecular complexity index is 559. The van der Waals surface area contributed by atoms with Crippen molar-refractivity contribution in [1.29, 1.82) is 0 Å². The van der Waals surface area contributed by atoms with E-state index in [-0.39, 0.29) is 0 Å². The summed E-state index contributed by atoms with van der Waals surface area (Å²) < 4.78 is 14.6. The molecular weight excluding hydrogens is 295 g/mol. The molecule has 2 aromatic rings. The molecule has 3 heteroatoms. The van der Waals surface area contributed by atoms with E-state index in [0.29, 0.717) is 15.6 Å². The molecule has 0 radical (unpaired) electrons. The van der Waals surface area contributed by atoms with Crippen molar-refractivity contribution in [3.8, 4) is 11.1 Å². The zero-order chi connectivity index (χ0) is 13.3. The van der Waals surface area contributed by atoms with Gasteiger partial charge in [-0.3, -0.25) is 0 Å². The molecule has 0 amide bonds. The lowest BCUT2D eigenvalue weighted by atomic mass is 9.89. The highest BCUT2D eigenvalue weighted by Crippen LogP contribution is 2.36. The van der Waals surface area contributed by atoms with Crippen LogP contribution in [0.4, 0.5) is 4.39 Å². The van der Waals surface area contributed by atoms with Gasteiger partial charge in [0.05, 0.1) is 10.1 Å². The van der Waals surface area contributed by atoms with Gasteiger partial charge in [0.15, 0.2) is 0 Å². The monoisotopic (exact) mass is 308 g/mol. The molecule has 0 aromatic heterocycles. The SMILES string of the molecule is CC(C)(O)c1c(-c2ccccc2)ccc(Br)c1F. The Balaban J connectivity index is 2.73. The minimum absolute atomic E-state index is 0.308. The van der Waals surface area contributed by atoms with E-state index in [1.54, 1.807) is 19.9 Å². The molecule has 94 valence electrons. The fourth-order valence-electron chi connectivity index (χ4n) is 2.01. The van der Waals surface area contributed by atoms with Crippen LogP contribution in [0.2, 0.25) is 0 Å². The fraction of sp³-hybridized carbons (Fsp3) is 0.200. The Labute approximate surface area is 114 Å². The van der Waals surface area contributed by atoms with Crippen molar-refractivity contribution in [3.05, 3.63) is 58.3 Å². The smallest absolute Gasteiger partial charge is 0.144 e. The van der Waals surface area contributed by atoms with Gasteiger partial charge in [-0.05, 0) is 47.0 Å². The van der Waals surface area contributed by atoms with Crippen molar-refractivity contribution in [1.82, 2.24) is 0 Å². The third kappa shape index (κ3) is 2.47. The zero-order valence-electron chi connectivity index (χ0n) is 10.2. The van der Waals surface area contributed by atoms with E-state index >= 15 is 0 Å². The molecule has 0 aliphatic heterocycles. The Kier molecular flexibility index (Phi) is 3.55. The molecule has 1 N–H and O–H groups in total. The van der Waals surface area contributed by atoms with E-state index in [1.807, 2.05) is 36.4 Å². The highest BCUT2D eigenvalue weighted by Gasteiger charge is 2.26. The van der Waals surface area contributed by atoms with Crippen molar-refractivity contribution in [3.63, 3.8) is 0 Å². The number of aliphatic hydroxyl groups is 1. The number of rotatable bonds is 2. The molecule has 18 heavy (non-hydrogen) atoms. The van der Waals surface area contributed by atoms with Gasteiger partial charge >= 0.3 is 0 Å². The Morgan fingerprint density at radius 2 is 1.67 bits per heavy atom. The molecule has 0 fully saturated rings. The number of halogens is 2. The summed E-state index contributed by atoms with van der Waals surface area (Å²) in [6.07, 6.45) is 0. The first-order valence-electron chi connectivity index (χ1n) is 5.67. The van der Waals surface area contributed by atoms with E-state index in [1.165, 1.54) is 0 Å². The molecule has 0 unspecified atom stereocenters. The molecule has 0 saturated carbocycles. The van der Waals surface area contributed by atoms with Crippen LogP contribution in [0.1, 0.15) is 19.4 Å². The highest BCUT2D eigenvalue weighted by molar-refractivity contribution is 9.10. The van der Waals surface area contributed by atoms with Crippen molar-refractivity contribution >= 4 is 15.9 Å². The van der Waals surface area contributed by atoms with Gasteiger partial charge in [-0.1, -0.05) is 36.4 Å². The molecule has 0 bridgehead atoms. The molecule has 0 saturated heterocycles. The summed E-state index contributed by atoms with van der Waals surface area (Å²) in [7, 11) is 0. The lowest BCUT2D eigenvalue weighted by molar-refractivity contribution is 0.0750. The fourth-order valence-corrected chi connectivity index (χ4v) is 2.34. The van der Waals surface area contributed by atoms with E-state index in [9.17, 15) is 9.50 Å². The van der Waals surface area contributed by atoms with Crippen LogP contribution in [0.3, 0.4) is 0 Å². The predicted molar refractivity (Wildman–Crippen MR) is 74.8 cm³/mol. The Morgan fingerprint density at radius 1 is 1.06 bits per heavy atom. The first-order valence-corrected chi connectivity index (χ1v) is 6.47. The van der Waals surface area contributed by atoms with Crippen LogP contribution in [0.5, 0.6) is 0 Å². The summed E-state index contributed by atoms with van der Waals surface area (Å²) in [6, 6.07) is 13.0. The maximum absolute atomic E-state index is 14.2. The molecular formula is C15H14BrFO. The van der Waals surface area contributed by atoms with E-state index < -0.39 is 11.4 Å². The van der Waals surface area contributed by atoms with E-state index in [0.717, 1.165) is 5.56 Å². The molecule has 1 nitrogen and oxygen atoms in total. The summed E-state index contributed by atoms with van der Waals surface area (Å²) in [4.78, 5) is 0. The van der Waals surface area contributed by atoms with Gasteiger partial charge in [0, 0.05) is 5.56 Å². The first kappa shape index (κ1) is 13.2. The van der Waals surface area contributed by atoms with Crippen molar-refractivity contribution in [2.75, 3.05) is 0 Å². The number of hydrogen-bond acceptors (Lipinski definition) is 1. The second kappa shape index (κ2) is 4.82. The molecule has 0 atom stereocenters. The van der Waals surface area contributed by atoms with E-state index in [4.69, 9.17) is 0 Å². The minimum atomic E-state index is -1.24. The Morgan fingerprint density at radius 3 is 2.22 bits per heavy atom. The quantitative estimate of drug-likeness (QED) is 0.867. The second-order valence-electron chi connectivity index (χ2n) is 4.71. The second-order valence-corrected chi connectivity index (χ2v) is 5.56. The van der Waals surface area contributed by atoms with Crippen LogP contribution in [-0.4, -0.2) is 5.11 Å². The topological polar surface area (TPSA) is 20.2 Å². The standard InChI is InChI=1S/C15H14BrFO/c1-15(2,18)13-11(8-9-12(16)14(13)17)10-6-4-3-5-7-10/h3-9,18H,1-2H3. The lowest BCUT2D eigenvalue weighted by Crippen LogP contribution is -2.19. The van der Waals surface area contributed by atoms with Gasteiger partial charge in [-0.15, -0.1) is 0 Å². The van der Waals surface area contributed by atoms with Crippen LogP contribution in [0.15, 0.2) is 46.9 Å². The molecule has 2 aromatic carbocycles. The average Bonchev–Trinajstić information content (AvgIpc) is 2.32. The summed E-state index contributed by atoms with van der Waals surface area (Å²) in [5.41, 5.74) is 0.673. The molecule has 0 heterocycles. The summed E-state index contributed by atoms with van der Waals surface area (Å²) in [5.74, 6) is -0.413. The van der Waals surface area contributed by atoms with Crippen LogP contribution in [-0.2, 0) is 5.60 Å². The molecule has 0 aliphatic rings. The van der Waals surface area contributed by atoms with Gasteiger partial charge in [0.2, 0.25) is 0 Å². The van der Waals surface area contributed by atoms with Gasteiger partial charge in [0.25, 0.3) is 0 Å². The number of hydrogen-bond donors (Lipinski definition) is 1. The lowest BCUT2D eigenvalue weighted by Gasteiger charge is -2.23. The summed E-state index contributed by atoms with van der Waals surface area (Å²) >= 11 is 3.16. The third-order valence-electron chi connectivity index (χ3n) is 2.79. The number of benzene rings is 2. The minimum Gasteiger partial charge on any atom is -0.386 e. The third-order valence-corrected chi connectivity index (χ3v) is 3.40. The summed E-state index contributed by atoms with van der Waals surface area (Å²) in [6.45, 7) is 3.18. The zero-order valence-corrected chi connectivity index (χ0v) is 11.8. The maximum Gasteiger partial charge on any atom is 0.144 e. The van der Waals surface area contributed by atoms with Gasteiger partial charge in [-0.25, -0.2) is 4.39 Å². The van der Waals surface area contributed by atoms with Gasteiger partial charge < -0.3 is 5.11 Å². The van der Waals surface area contributed by atoms with Crippen LogP contribution < -0.4 is 0 Å². The molecule has 0 aliphatic carbocycles. The Hall–Kier alpha value is -1.19.